The molecule has 36 heavy (non-hydrogen) atoms. The SMILES string of the molecule is Cc1cc(C(=O)N2CCC(CNc3ncc(-c4ccsc4)c4nc(C(F)(F)F)ccc34)CC2)nn1C. The number of piperidine rings is 1. The fourth-order valence-electron chi connectivity index (χ4n) is 4.45. The van der Waals surface area contributed by atoms with Gasteiger partial charge >= 0.3 is 6.18 Å². The molecule has 1 aliphatic rings. The first kappa shape index (κ1) is 24.2. The Kier molecular flexibility index (Phi) is 6.42. The lowest BCUT2D eigenvalue weighted by molar-refractivity contribution is -0.140. The number of fused-ring (bicyclic) bond motifs is 1. The summed E-state index contributed by atoms with van der Waals surface area (Å²) in [5.41, 5.74) is 2.09. The van der Waals surface area contributed by atoms with Gasteiger partial charge in [-0.15, -0.1) is 0 Å². The molecule has 1 saturated heterocycles. The molecule has 0 bridgehead atoms. The Labute approximate surface area is 210 Å². The topological polar surface area (TPSA) is 75.9 Å². The molecule has 1 N–H and O–H groups in total. The third-order valence-electron chi connectivity index (χ3n) is 6.64. The number of likely N-dealkylation sites (tertiary alicyclic amines) is 1. The Bertz CT molecular complexity index is 1370. The van der Waals surface area contributed by atoms with Gasteiger partial charge in [0, 0.05) is 49.5 Å². The van der Waals surface area contributed by atoms with Gasteiger partial charge in [-0.25, -0.2) is 9.97 Å². The number of carbonyl (C=O) groups excluding carboxylic acids is 1. The molecule has 4 aromatic heterocycles. The van der Waals surface area contributed by atoms with Gasteiger partial charge in [0.1, 0.15) is 11.5 Å². The number of pyridine rings is 2. The number of carbonyl (C=O) groups is 1. The van der Waals surface area contributed by atoms with Crippen LogP contribution in [0.15, 0.2) is 41.2 Å². The van der Waals surface area contributed by atoms with Crippen LogP contribution in [0, 0.1) is 12.8 Å². The summed E-state index contributed by atoms with van der Waals surface area (Å²) in [7, 11) is 1.81. The summed E-state index contributed by atoms with van der Waals surface area (Å²) >= 11 is 1.46. The van der Waals surface area contributed by atoms with Gasteiger partial charge in [0.05, 0.1) is 5.52 Å². The molecule has 0 unspecified atom stereocenters. The number of aromatic nitrogens is 4. The van der Waals surface area contributed by atoms with Crippen molar-refractivity contribution < 1.29 is 18.0 Å². The number of rotatable bonds is 5. The number of thiophene rings is 1. The predicted octanol–water partition coefficient (Wildman–Crippen LogP) is 5.38. The zero-order valence-electron chi connectivity index (χ0n) is 19.8. The lowest BCUT2D eigenvalue weighted by Gasteiger charge is -2.31. The molecule has 4 aromatic rings. The number of anilines is 1. The van der Waals surface area contributed by atoms with Gasteiger partial charge in [-0.05, 0) is 66.3 Å². The molecular formula is C25H25F3N6OS. The van der Waals surface area contributed by atoms with Crippen molar-refractivity contribution in [1.82, 2.24) is 24.6 Å². The van der Waals surface area contributed by atoms with Crippen LogP contribution in [0.4, 0.5) is 19.0 Å². The van der Waals surface area contributed by atoms with E-state index in [1.165, 1.54) is 17.4 Å². The summed E-state index contributed by atoms with van der Waals surface area (Å²) in [5, 5.41) is 11.9. The van der Waals surface area contributed by atoms with E-state index in [1.807, 2.05) is 35.7 Å². The maximum Gasteiger partial charge on any atom is 0.433 e. The normalized spacial score (nSPS) is 15.0. The second-order valence-corrected chi connectivity index (χ2v) is 9.81. The molecule has 0 saturated carbocycles. The minimum absolute atomic E-state index is 0.0617. The van der Waals surface area contributed by atoms with Gasteiger partial charge in [0.15, 0.2) is 5.69 Å². The van der Waals surface area contributed by atoms with E-state index < -0.39 is 11.9 Å². The quantitative estimate of drug-likeness (QED) is 0.387. The van der Waals surface area contributed by atoms with Crippen LogP contribution in [0.3, 0.4) is 0 Å². The maximum atomic E-state index is 13.4. The highest BCUT2D eigenvalue weighted by Crippen LogP contribution is 2.35. The van der Waals surface area contributed by atoms with Crippen molar-refractivity contribution in [3.8, 4) is 11.1 Å². The molecule has 0 aromatic carbocycles. The van der Waals surface area contributed by atoms with E-state index in [4.69, 9.17) is 0 Å². The fourth-order valence-corrected chi connectivity index (χ4v) is 5.11. The number of hydrogen-bond donors (Lipinski definition) is 1. The monoisotopic (exact) mass is 514 g/mol. The van der Waals surface area contributed by atoms with Crippen molar-refractivity contribution in [2.45, 2.75) is 25.9 Å². The fraction of sp³-hybridized carbons (Fsp3) is 0.360. The first-order valence-corrected chi connectivity index (χ1v) is 12.6. The zero-order valence-corrected chi connectivity index (χ0v) is 20.7. The summed E-state index contributed by atoms with van der Waals surface area (Å²) in [4.78, 5) is 23.1. The third-order valence-corrected chi connectivity index (χ3v) is 7.33. The number of halogens is 3. The average molecular weight is 515 g/mol. The molecule has 1 fully saturated rings. The number of amides is 1. The summed E-state index contributed by atoms with van der Waals surface area (Å²) < 4.78 is 41.8. The van der Waals surface area contributed by atoms with Crippen LogP contribution in [-0.2, 0) is 13.2 Å². The summed E-state index contributed by atoms with van der Waals surface area (Å²) in [6, 6.07) is 6.07. The van der Waals surface area contributed by atoms with Crippen LogP contribution in [0.1, 0.15) is 34.7 Å². The molecule has 0 radical (unpaired) electrons. The summed E-state index contributed by atoms with van der Waals surface area (Å²) in [6.45, 7) is 3.77. The van der Waals surface area contributed by atoms with E-state index >= 15 is 0 Å². The van der Waals surface area contributed by atoms with Gasteiger partial charge in [-0.3, -0.25) is 9.48 Å². The van der Waals surface area contributed by atoms with E-state index in [-0.39, 0.29) is 11.4 Å². The number of hydrogen-bond acceptors (Lipinski definition) is 6. The molecule has 188 valence electrons. The first-order valence-electron chi connectivity index (χ1n) is 11.6. The Hall–Kier alpha value is -3.47. The van der Waals surface area contributed by atoms with E-state index in [0.717, 1.165) is 30.2 Å². The van der Waals surface area contributed by atoms with Gasteiger partial charge in [0.2, 0.25) is 0 Å². The highest BCUT2D eigenvalue weighted by atomic mass is 32.1. The lowest BCUT2D eigenvalue weighted by atomic mass is 9.96. The standard InChI is InChI=1S/C25H25F3N6OS/c1-15-11-20(32-33(15)2)24(35)34-8-5-16(6-9-34)12-29-23-18-3-4-21(25(26,27)28)31-22(18)19(13-30-23)17-7-10-36-14-17/h3-4,7,10-11,13-14,16H,5-6,8-9,12H2,1-2H3,(H,29,30). The Morgan fingerprint density at radius 2 is 2.00 bits per heavy atom. The highest BCUT2D eigenvalue weighted by Gasteiger charge is 2.33. The van der Waals surface area contributed by atoms with Crippen LogP contribution in [-0.4, -0.2) is 50.2 Å². The Morgan fingerprint density at radius 1 is 1.22 bits per heavy atom. The van der Waals surface area contributed by atoms with Crippen LogP contribution in [0.5, 0.6) is 0 Å². The van der Waals surface area contributed by atoms with Crippen molar-refractivity contribution >= 4 is 34.0 Å². The molecule has 7 nitrogen and oxygen atoms in total. The minimum atomic E-state index is -4.53. The van der Waals surface area contributed by atoms with Crippen molar-refractivity contribution in [2.75, 3.05) is 25.0 Å². The largest absolute Gasteiger partial charge is 0.433 e. The number of aryl methyl sites for hydroxylation is 2. The van der Waals surface area contributed by atoms with Crippen molar-refractivity contribution in [3.63, 3.8) is 0 Å². The molecule has 0 atom stereocenters. The van der Waals surface area contributed by atoms with E-state index in [2.05, 4.69) is 20.4 Å². The van der Waals surface area contributed by atoms with Gasteiger partial charge in [0.25, 0.3) is 5.91 Å². The van der Waals surface area contributed by atoms with Crippen LogP contribution in [0.25, 0.3) is 22.0 Å². The molecule has 11 heteroatoms. The Morgan fingerprint density at radius 3 is 2.64 bits per heavy atom. The molecular weight excluding hydrogens is 489 g/mol. The van der Waals surface area contributed by atoms with E-state index in [1.54, 1.807) is 16.9 Å². The summed E-state index contributed by atoms with van der Waals surface area (Å²) in [5.74, 6) is 0.747. The average Bonchev–Trinajstić information content (AvgIpc) is 3.51. The predicted molar refractivity (Wildman–Crippen MR) is 133 cm³/mol. The molecule has 5 heterocycles. The molecule has 0 spiro atoms. The third kappa shape index (κ3) is 4.79. The highest BCUT2D eigenvalue weighted by molar-refractivity contribution is 7.08. The molecule has 1 amide bonds. The maximum absolute atomic E-state index is 13.4. The van der Waals surface area contributed by atoms with Crippen LogP contribution >= 0.6 is 11.3 Å². The summed E-state index contributed by atoms with van der Waals surface area (Å²) in [6.07, 6.45) is -1.33. The molecule has 5 rings (SSSR count). The molecule has 0 aliphatic carbocycles. The number of alkyl halides is 3. The zero-order chi connectivity index (χ0) is 25.4. The second kappa shape index (κ2) is 9.53. The number of nitrogens with one attached hydrogen (secondary N) is 1. The van der Waals surface area contributed by atoms with Crippen molar-refractivity contribution in [3.05, 3.63) is 58.3 Å². The van der Waals surface area contributed by atoms with E-state index in [9.17, 15) is 18.0 Å². The Balaban J connectivity index is 1.30. The molecule has 1 aliphatic heterocycles. The van der Waals surface area contributed by atoms with Crippen molar-refractivity contribution in [1.29, 1.82) is 0 Å². The lowest BCUT2D eigenvalue weighted by Crippen LogP contribution is -2.40. The van der Waals surface area contributed by atoms with Gasteiger partial charge < -0.3 is 10.2 Å². The second-order valence-electron chi connectivity index (χ2n) is 9.03. The smallest absolute Gasteiger partial charge is 0.369 e. The van der Waals surface area contributed by atoms with Crippen molar-refractivity contribution in [2.24, 2.45) is 13.0 Å². The van der Waals surface area contributed by atoms with Crippen LogP contribution < -0.4 is 5.32 Å². The van der Waals surface area contributed by atoms with Gasteiger partial charge in [-0.1, -0.05) is 0 Å². The number of nitrogens with zero attached hydrogens (tertiary/aromatic N) is 5. The van der Waals surface area contributed by atoms with Crippen LogP contribution in [0.2, 0.25) is 0 Å². The van der Waals surface area contributed by atoms with Gasteiger partial charge in [-0.2, -0.15) is 29.6 Å². The van der Waals surface area contributed by atoms with E-state index in [0.29, 0.717) is 48.0 Å². The minimum Gasteiger partial charge on any atom is -0.369 e. The first-order chi connectivity index (χ1) is 17.2.